The topological polar surface area (TPSA) is 122 Å². The van der Waals surface area contributed by atoms with Gasteiger partial charge in [-0.05, 0) is 88.4 Å². The van der Waals surface area contributed by atoms with Crippen LogP contribution in [0.15, 0.2) is 53.4 Å². The van der Waals surface area contributed by atoms with Crippen LogP contribution < -0.4 is 20.7 Å². The highest BCUT2D eigenvalue weighted by molar-refractivity contribution is 7.92. The van der Waals surface area contributed by atoms with Gasteiger partial charge in [-0.2, -0.15) is 0 Å². The molecule has 2 aliphatic heterocycles. The van der Waals surface area contributed by atoms with Crippen molar-refractivity contribution < 1.29 is 18.0 Å². The Labute approximate surface area is 227 Å². The van der Waals surface area contributed by atoms with Gasteiger partial charge in [0.2, 0.25) is 0 Å². The molecule has 0 fully saturated rings. The van der Waals surface area contributed by atoms with E-state index in [0.717, 1.165) is 28.8 Å². The van der Waals surface area contributed by atoms with E-state index in [-0.39, 0.29) is 16.0 Å². The summed E-state index contributed by atoms with van der Waals surface area (Å²) in [6, 6.07) is 13.4. The average molecular weight is 553 g/mol. The van der Waals surface area contributed by atoms with Crippen molar-refractivity contribution in [2.24, 2.45) is 5.73 Å². The van der Waals surface area contributed by atoms with Gasteiger partial charge in [-0.25, -0.2) is 8.42 Å². The van der Waals surface area contributed by atoms with Crippen LogP contribution in [0.3, 0.4) is 0 Å². The van der Waals surface area contributed by atoms with Crippen molar-refractivity contribution in [2.75, 3.05) is 16.2 Å². The Balaban J connectivity index is 1.42. The van der Waals surface area contributed by atoms with Crippen molar-refractivity contribution in [3.8, 4) is 0 Å². The molecule has 2 aliphatic rings. The molecular weight excluding hydrogens is 520 g/mol. The van der Waals surface area contributed by atoms with Gasteiger partial charge in [0.05, 0.1) is 16.1 Å². The van der Waals surface area contributed by atoms with Gasteiger partial charge < -0.3 is 16.4 Å². The molecule has 2 aromatic carbocycles. The number of carbonyl (C=O) groups excluding carboxylic acids is 2. The second-order valence-electron chi connectivity index (χ2n) is 11.1. The molecule has 5 rings (SSSR count). The largest absolute Gasteiger partial charge is 0.365 e. The first-order valence-corrected chi connectivity index (χ1v) is 14.8. The summed E-state index contributed by atoms with van der Waals surface area (Å²) < 4.78 is 28.3. The number of hydrogen-bond acceptors (Lipinski definition) is 6. The van der Waals surface area contributed by atoms with Crippen molar-refractivity contribution in [3.05, 3.63) is 75.7 Å². The Morgan fingerprint density at radius 1 is 1.05 bits per heavy atom. The zero-order valence-electron chi connectivity index (χ0n) is 21.9. The molecule has 0 saturated carbocycles. The first-order chi connectivity index (χ1) is 17.8. The highest BCUT2D eigenvalue weighted by atomic mass is 32.2. The predicted octanol–water partition coefficient (Wildman–Crippen LogP) is 4.40. The van der Waals surface area contributed by atoms with E-state index in [9.17, 15) is 18.0 Å². The number of para-hydroxylation sites is 1. The number of nitrogens with one attached hydrogen (secondary N) is 2. The fraction of sp³-hybridized carbons (Fsp3) is 0.357. The molecule has 4 N–H and O–H groups in total. The number of nitrogens with two attached hydrogens (primary N) is 1. The zero-order valence-corrected chi connectivity index (χ0v) is 23.6. The summed E-state index contributed by atoms with van der Waals surface area (Å²) >= 11 is 1.34. The summed E-state index contributed by atoms with van der Waals surface area (Å²) in [7, 11) is -3.79. The Morgan fingerprint density at radius 3 is 2.42 bits per heavy atom. The van der Waals surface area contributed by atoms with E-state index >= 15 is 0 Å². The molecule has 3 heterocycles. The number of nitrogens with zero attached hydrogens (tertiary/aromatic N) is 1. The lowest BCUT2D eigenvalue weighted by Crippen LogP contribution is -2.55. The fourth-order valence-electron chi connectivity index (χ4n) is 5.71. The minimum absolute atomic E-state index is 0.116. The number of rotatable bonds is 5. The lowest BCUT2D eigenvalue weighted by molar-refractivity contribution is 0.0999. The van der Waals surface area contributed by atoms with Crippen LogP contribution >= 0.6 is 11.3 Å². The molecule has 200 valence electrons. The Hall–Kier alpha value is -3.21. The van der Waals surface area contributed by atoms with Crippen LogP contribution in [0.1, 0.15) is 70.8 Å². The molecule has 38 heavy (non-hydrogen) atoms. The Morgan fingerprint density at radius 2 is 1.74 bits per heavy atom. The quantitative estimate of drug-likeness (QED) is 0.433. The molecule has 0 spiro atoms. The summed E-state index contributed by atoms with van der Waals surface area (Å²) in [6.45, 7) is 8.62. The number of aryl methyl sites for hydroxylation is 1. The van der Waals surface area contributed by atoms with Crippen molar-refractivity contribution in [3.63, 3.8) is 0 Å². The summed E-state index contributed by atoms with van der Waals surface area (Å²) in [4.78, 5) is 26.7. The first kappa shape index (κ1) is 26.4. The smallest absolute Gasteiger partial charge is 0.264 e. The maximum Gasteiger partial charge on any atom is 0.264 e. The number of thiophene rings is 1. The number of benzene rings is 2. The molecule has 0 saturated heterocycles. The summed E-state index contributed by atoms with van der Waals surface area (Å²) in [6.07, 6.45) is 2.18. The van der Waals surface area contributed by atoms with Gasteiger partial charge in [0.15, 0.2) is 0 Å². The van der Waals surface area contributed by atoms with Crippen LogP contribution in [0.5, 0.6) is 0 Å². The van der Waals surface area contributed by atoms with Crippen molar-refractivity contribution in [1.29, 1.82) is 0 Å². The van der Waals surface area contributed by atoms with Gasteiger partial charge in [0.1, 0.15) is 5.00 Å². The molecule has 0 bridgehead atoms. The van der Waals surface area contributed by atoms with Gasteiger partial charge in [0.25, 0.3) is 21.8 Å². The first-order valence-electron chi connectivity index (χ1n) is 12.6. The highest BCUT2D eigenvalue weighted by Crippen LogP contribution is 2.45. The van der Waals surface area contributed by atoms with Crippen LogP contribution in [-0.4, -0.2) is 32.3 Å². The molecular formula is C28H32N4O4S2. The lowest BCUT2D eigenvalue weighted by atomic mass is 9.81. The van der Waals surface area contributed by atoms with Gasteiger partial charge in [-0.1, -0.05) is 18.2 Å². The molecule has 0 aliphatic carbocycles. The second-order valence-corrected chi connectivity index (χ2v) is 14.0. The number of hydrogen-bond donors (Lipinski definition) is 3. The SMILES string of the molecule is CC1(C)Cc2c(sc(NC(=O)c3ccc(S(=O)(=O)N4CCCc5ccccc54)cc3)c2C(N)=O)C(C)(C)N1. The summed E-state index contributed by atoms with van der Waals surface area (Å²) in [5, 5.41) is 6.85. The Bertz CT molecular complexity index is 1540. The van der Waals surface area contributed by atoms with Gasteiger partial charge in [0, 0.05) is 28.1 Å². The normalized spacial score (nSPS) is 17.8. The highest BCUT2D eigenvalue weighted by Gasteiger charge is 2.41. The van der Waals surface area contributed by atoms with Crippen LogP contribution in [-0.2, 0) is 28.4 Å². The summed E-state index contributed by atoms with van der Waals surface area (Å²) in [5.74, 6) is -1.03. The molecule has 0 unspecified atom stereocenters. The van der Waals surface area contributed by atoms with E-state index in [2.05, 4.69) is 24.5 Å². The van der Waals surface area contributed by atoms with E-state index < -0.39 is 27.4 Å². The number of carbonyl (C=O) groups is 2. The van der Waals surface area contributed by atoms with Crippen molar-refractivity contribution >= 4 is 43.9 Å². The minimum Gasteiger partial charge on any atom is -0.365 e. The van der Waals surface area contributed by atoms with E-state index in [4.69, 9.17) is 5.73 Å². The molecule has 1 aromatic heterocycles. The van der Waals surface area contributed by atoms with Crippen molar-refractivity contribution in [1.82, 2.24) is 5.32 Å². The fourth-order valence-corrected chi connectivity index (χ4v) is 8.52. The maximum atomic E-state index is 13.4. The van der Waals surface area contributed by atoms with Crippen LogP contribution in [0.4, 0.5) is 10.7 Å². The molecule has 0 radical (unpaired) electrons. The Kier molecular flexibility index (Phi) is 6.40. The number of primary amides is 1. The number of sulfonamides is 1. The van der Waals surface area contributed by atoms with Gasteiger partial charge in [-0.3, -0.25) is 13.9 Å². The van der Waals surface area contributed by atoms with Crippen LogP contribution in [0.25, 0.3) is 0 Å². The molecule has 10 heteroatoms. The van der Waals surface area contributed by atoms with Crippen LogP contribution in [0, 0.1) is 0 Å². The average Bonchev–Trinajstić information content (AvgIpc) is 3.21. The standard InChI is InChI=1S/C28H32N4O4S2/c1-27(2)16-20-22(24(29)33)26(37-23(20)28(3,4)31-27)30-25(34)18-11-13-19(14-12-18)38(35,36)32-15-7-9-17-8-5-6-10-21(17)32/h5-6,8,10-14,31H,7,9,15-16H2,1-4H3,(H2,29,33)(H,30,34). The second kappa shape index (κ2) is 9.21. The van der Waals surface area contributed by atoms with E-state index in [1.807, 2.05) is 38.1 Å². The minimum atomic E-state index is -3.79. The number of amides is 2. The molecule has 0 atom stereocenters. The third-order valence-electron chi connectivity index (χ3n) is 7.09. The van der Waals surface area contributed by atoms with E-state index in [0.29, 0.717) is 29.2 Å². The van der Waals surface area contributed by atoms with Crippen LogP contribution in [0.2, 0.25) is 0 Å². The van der Waals surface area contributed by atoms with E-state index in [1.165, 1.54) is 39.9 Å². The molecule has 2 amide bonds. The maximum absolute atomic E-state index is 13.4. The number of anilines is 2. The molecule has 3 aromatic rings. The number of fused-ring (bicyclic) bond motifs is 2. The third-order valence-corrected chi connectivity index (χ3v) is 10.4. The zero-order chi connectivity index (χ0) is 27.5. The monoisotopic (exact) mass is 552 g/mol. The van der Waals surface area contributed by atoms with Gasteiger partial charge in [-0.15, -0.1) is 11.3 Å². The van der Waals surface area contributed by atoms with E-state index in [1.54, 1.807) is 0 Å². The lowest BCUT2D eigenvalue weighted by Gasteiger charge is -2.42. The third kappa shape index (κ3) is 4.61. The molecule has 8 nitrogen and oxygen atoms in total. The summed E-state index contributed by atoms with van der Waals surface area (Å²) in [5.41, 5.74) is 8.29. The predicted molar refractivity (Wildman–Crippen MR) is 150 cm³/mol. The van der Waals surface area contributed by atoms with Gasteiger partial charge >= 0.3 is 0 Å². The van der Waals surface area contributed by atoms with Crippen molar-refractivity contribution in [2.45, 2.75) is 62.9 Å².